The maximum atomic E-state index is 11.9. The second kappa shape index (κ2) is 9.46. The SMILES string of the molecule is Cc1ccc(Br)cc1NC(=O)CCNC(=O)c1coc(CN)c1.Cl. The third-order valence-corrected chi connectivity index (χ3v) is 3.72. The molecule has 2 aromatic rings. The number of halogens is 2. The molecule has 0 spiro atoms. The van der Waals surface area contributed by atoms with Crippen LogP contribution < -0.4 is 16.4 Å². The standard InChI is InChI=1S/C16H18BrN3O3.ClH/c1-10-2-3-12(17)7-14(10)20-15(21)4-5-19-16(22)11-6-13(8-18)23-9-11;/h2-3,6-7,9H,4-5,8,18H2,1H3,(H,19,22)(H,20,21);1H. The van der Waals surface area contributed by atoms with Crippen LogP contribution in [-0.2, 0) is 11.3 Å². The first-order valence-electron chi connectivity index (χ1n) is 7.11. The van der Waals surface area contributed by atoms with Crippen molar-refractivity contribution in [3.63, 3.8) is 0 Å². The number of benzene rings is 1. The van der Waals surface area contributed by atoms with E-state index >= 15 is 0 Å². The van der Waals surface area contributed by atoms with Gasteiger partial charge in [-0.3, -0.25) is 9.59 Å². The van der Waals surface area contributed by atoms with E-state index in [4.69, 9.17) is 10.2 Å². The molecule has 2 amide bonds. The van der Waals surface area contributed by atoms with E-state index < -0.39 is 0 Å². The van der Waals surface area contributed by atoms with Gasteiger partial charge in [-0.05, 0) is 30.7 Å². The van der Waals surface area contributed by atoms with Crippen LogP contribution in [0.4, 0.5) is 5.69 Å². The van der Waals surface area contributed by atoms with Crippen LogP contribution in [0, 0.1) is 6.92 Å². The van der Waals surface area contributed by atoms with Crippen LogP contribution in [0.3, 0.4) is 0 Å². The Kier molecular flexibility index (Phi) is 7.97. The Morgan fingerprint density at radius 2 is 2.04 bits per heavy atom. The van der Waals surface area contributed by atoms with Gasteiger partial charge in [0.1, 0.15) is 12.0 Å². The average molecular weight is 417 g/mol. The van der Waals surface area contributed by atoms with Crippen molar-refractivity contribution >= 4 is 45.8 Å². The van der Waals surface area contributed by atoms with E-state index in [0.717, 1.165) is 15.7 Å². The number of nitrogens with one attached hydrogen (secondary N) is 2. The predicted octanol–water partition coefficient (Wildman–Crippen LogP) is 2.99. The average Bonchev–Trinajstić information content (AvgIpc) is 3.00. The molecule has 0 unspecified atom stereocenters. The molecule has 0 bridgehead atoms. The summed E-state index contributed by atoms with van der Waals surface area (Å²) in [5, 5.41) is 5.49. The summed E-state index contributed by atoms with van der Waals surface area (Å²) in [6.07, 6.45) is 1.53. The highest BCUT2D eigenvalue weighted by Gasteiger charge is 2.10. The molecule has 0 aliphatic rings. The van der Waals surface area contributed by atoms with Crippen molar-refractivity contribution < 1.29 is 14.0 Å². The number of hydrogen-bond donors (Lipinski definition) is 3. The smallest absolute Gasteiger partial charge is 0.254 e. The number of amides is 2. The van der Waals surface area contributed by atoms with Crippen molar-refractivity contribution in [3.05, 3.63) is 51.9 Å². The van der Waals surface area contributed by atoms with Gasteiger partial charge >= 0.3 is 0 Å². The first kappa shape index (κ1) is 20.2. The van der Waals surface area contributed by atoms with Gasteiger partial charge in [0.05, 0.1) is 12.1 Å². The van der Waals surface area contributed by atoms with E-state index in [0.29, 0.717) is 11.3 Å². The van der Waals surface area contributed by atoms with Gasteiger partial charge in [-0.1, -0.05) is 22.0 Å². The minimum atomic E-state index is -0.292. The number of rotatable bonds is 6. The van der Waals surface area contributed by atoms with E-state index in [9.17, 15) is 9.59 Å². The summed E-state index contributed by atoms with van der Waals surface area (Å²) in [7, 11) is 0. The summed E-state index contributed by atoms with van der Waals surface area (Å²) in [6.45, 7) is 2.39. The molecule has 0 saturated heterocycles. The van der Waals surface area contributed by atoms with Crippen molar-refractivity contribution in [3.8, 4) is 0 Å². The number of aryl methyl sites for hydroxylation is 1. The van der Waals surface area contributed by atoms with Crippen LogP contribution in [0.15, 0.2) is 39.4 Å². The zero-order valence-electron chi connectivity index (χ0n) is 13.1. The highest BCUT2D eigenvalue weighted by molar-refractivity contribution is 9.10. The molecule has 0 aliphatic carbocycles. The quantitative estimate of drug-likeness (QED) is 0.674. The number of carbonyl (C=O) groups excluding carboxylic acids is 2. The Balaban J connectivity index is 0.00000288. The molecule has 2 rings (SSSR count). The van der Waals surface area contributed by atoms with Crippen molar-refractivity contribution in [2.75, 3.05) is 11.9 Å². The molecule has 6 nitrogen and oxygen atoms in total. The highest BCUT2D eigenvalue weighted by Crippen LogP contribution is 2.20. The fraction of sp³-hybridized carbons (Fsp3) is 0.250. The van der Waals surface area contributed by atoms with Gasteiger partial charge in [-0.15, -0.1) is 12.4 Å². The Morgan fingerprint density at radius 1 is 1.29 bits per heavy atom. The predicted molar refractivity (Wildman–Crippen MR) is 98.3 cm³/mol. The van der Waals surface area contributed by atoms with Gasteiger partial charge in [0, 0.05) is 23.1 Å². The fourth-order valence-corrected chi connectivity index (χ4v) is 2.30. The van der Waals surface area contributed by atoms with Crippen molar-refractivity contribution in [2.24, 2.45) is 5.73 Å². The lowest BCUT2D eigenvalue weighted by Gasteiger charge is -2.09. The number of carbonyl (C=O) groups is 2. The summed E-state index contributed by atoms with van der Waals surface area (Å²) in [6, 6.07) is 7.24. The molecule has 0 fully saturated rings. The van der Waals surface area contributed by atoms with E-state index in [-0.39, 0.29) is 43.7 Å². The van der Waals surface area contributed by atoms with Crippen LogP contribution in [0.1, 0.15) is 28.1 Å². The lowest BCUT2D eigenvalue weighted by atomic mass is 10.2. The molecule has 0 radical (unpaired) electrons. The van der Waals surface area contributed by atoms with Gasteiger partial charge in [0.15, 0.2) is 0 Å². The summed E-state index contributed by atoms with van der Waals surface area (Å²) in [5.41, 5.74) is 7.53. The summed E-state index contributed by atoms with van der Waals surface area (Å²) < 4.78 is 5.99. The molecule has 1 aromatic carbocycles. The van der Waals surface area contributed by atoms with Gasteiger partial charge in [-0.25, -0.2) is 0 Å². The van der Waals surface area contributed by atoms with E-state index in [1.54, 1.807) is 6.07 Å². The molecule has 1 heterocycles. The number of furan rings is 1. The summed E-state index contributed by atoms with van der Waals surface area (Å²) in [5.74, 6) is 0.0826. The van der Waals surface area contributed by atoms with E-state index in [1.807, 2.05) is 25.1 Å². The summed E-state index contributed by atoms with van der Waals surface area (Å²) >= 11 is 3.37. The van der Waals surface area contributed by atoms with Crippen molar-refractivity contribution in [1.29, 1.82) is 0 Å². The minimum absolute atomic E-state index is 0. The fourth-order valence-electron chi connectivity index (χ4n) is 1.94. The van der Waals surface area contributed by atoms with Gasteiger partial charge in [0.25, 0.3) is 5.91 Å². The Hall–Kier alpha value is -1.83. The first-order valence-corrected chi connectivity index (χ1v) is 7.90. The van der Waals surface area contributed by atoms with Crippen LogP contribution in [0.25, 0.3) is 0 Å². The third kappa shape index (κ3) is 5.67. The second-order valence-electron chi connectivity index (χ2n) is 5.02. The molecule has 130 valence electrons. The van der Waals surface area contributed by atoms with Crippen LogP contribution in [-0.4, -0.2) is 18.4 Å². The van der Waals surface area contributed by atoms with Crippen molar-refractivity contribution in [2.45, 2.75) is 19.9 Å². The Bertz CT molecular complexity index is 718. The van der Waals surface area contributed by atoms with Crippen LogP contribution in [0.2, 0.25) is 0 Å². The normalized spacial score (nSPS) is 9.96. The second-order valence-corrected chi connectivity index (χ2v) is 5.93. The first-order chi connectivity index (χ1) is 11.0. The van der Waals surface area contributed by atoms with Gasteiger partial charge < -0.3 is 20.8 Å². The Labute approximate surface area is 154 Å². The monoisotopic (exact) mass is 415 g/mol. The minimum Gasteiger partial charge on any atom is -0.467 e. The molecular weight excluding hydrogens is 398 g/mol. The molecule has 0 atom stereocenters. The molecular formula is C16H19BrClN3O3. The lowest BCUT2D eigenvalue weighted by molar-refractivity contribution is -0.116. The number of hydrogen-bond acceptors (Lipinski definition) is 4. The number of anilines is 1. The maximum absolute atomic E-state index is 11.9. The van der Waals surface area contributed by atoms with Crippen LogP contribution in [0.5, 0.6) is 0 Å². The molecule has 8 heteroatoms. The molecule has 24 heavy (non-hydrogen) atoms. The van der Waals surface area contributed by atoms with E-state index in [1.165, 1.54) is 6.26 Å². The molecule has 4 N–H and O–H groups in total. The van der Waals surface area contributed by atoms with Gasteiger partial charge in [-0.2, -0.15) is 0 Å². The Morgan fingerprint density at radius 3 is 2.71 bits per heavy atom. The summed E-state index contributed by atoms with van der Waals surface area (Å²) in [4.78, 5) is 23.8. The zero-order valence-corrected chi connectivity index (χ0v) is 15.5. The molecule has 0 saturated carbocycles. The van der Waals surface area contributed by atoms with E-state index in [2.05, 4.69) is 26.6 Å². The molecule has 1 aromatic heterocycles. The number of nitrogens with two attached hydrogens (primary N) is 1. The topological polar surface area (TPSA) is 97.4 Å². The van der Waals surface area contributed by atoms with Gasteiger partial charge in [0.2, 0.25) is 5.91 Å². The zero-order chi connectivity index (χ0) is 16.8. The maximum Gasteiger partial charge on any atom is 0.254 e. The largest absolute Gasteiger partial charge is 0.467 e. The highest BCUT2D eigenvalue weighted by atomic mass is 79.9. The lowest BCUT2D eigenvalue weighted by Crippen LogP contribution is -2.27. The molecule has 0 aliphatic heterocycles. The third-order valence-electron chi connectivity index (χ3n) is 3.23. The van der Waals surface area contributed by atoms with Crippen LogP contribution >= 0.6 is 28.3 Å². The van der Waals surface area contributed by atoms with Crippen molar-refractivity contribution in [1.82, 2.24) is 5.32 Å².